The fourth-order valence-corrected chi connectivity index (χ4v) is 3.36. The zero-order valence-corrected chi connectivity index (χ0v) is 17.3. The number of esters is 1. The summed E-state index contributed by atoms with van der Waals surface area (Å²) in [5.74, 6) is 0.774. The molecule has 0 bridgehead atoms. The Bertz CT molecular complexity index is 880. The molecule has 1 atom stereocenters. The van der Waals surface area contributed by atoms with Gasteiger partial charge in [-0.1, -0.05) is 18.2 Å². The van der Waals surface area contributed by atoms with Gasteiger partial charge in [-0.25, -0.2) is 4.79 Å². The summed E-state index contributed by atoms with van der Waals surface area (Å²) in [4.78, 5) is 28.3. The number of fused-ring (bicyclic) bond motifs is 1. The van der Waals surface area contributed by atoms with E-state index in [1.165, 1.54) is 0 Å². The van der Waals surface area contributed by atoms with E-state index in [9.17, 15) is 9.59 Å². The van der Waals surface area contributed by atoms with Crippen molar-refractivity contribution in [3.63, 3.8) is 0 Å². The van der Waals surface area contributed by atoms with Crippen molar-refractivity contribution in [3.8, 4) is 11.5 Å². The predicted octanol–water partition coefficient (Wildman–Crippen LogP) is 2.15. The highest BCUT2D eigenvalue weighted by molar-refractivity contribution is 5.89. The summed E-state index contributed by atoms with van der Waals surface area (Å²) in [6.07, 6.45) is 0. The van der Waals surface area contributed by atoms with E-state index < -0.39 is 0 Å². The highest BCUT2D eigenvalue weighted by Gasteiger charge is 2.26. The van der Waals surface area contributed by atoms with E-state index in [0.717, 1.165) is 22.6 Å². The first-order valence-corrected chi connectivity index (χ1v) is 9.50. The van der Waals surface area contributed by atoms with Crippen LogP contribution in [0.25, 0.3) is 0 Å². The van der Waals surface area contributed by atoms with Gasteiger partial charge in [-0.2, -0.15) is 0 Å². The number of rotatable bonds is 7. The Kier molecular flexibility index (Phi) is 6.39. The van der Waals surface area contributed by atoms with Crippen molar-refractivity contribution in [1.29, 1.82) is 0 Å². The topological polar surface area (TPSA) is 71.1 Å². The molecule has 7 nitrogen and oxygen atoms in total. The highest BCUT2D eigenvalue weighted by Crippen LogP contribution is 2.32. The molecule has 0 saturated carbocycles. The van der Waals surface area contributed by atoms with Crippen LogP contribution < -0.4 is 19.7 Å². The second-order valence-corrected chi connectivity index (χ2v) is 7.36. The van der Waals surface area contributed by atoms with Gasteiger partial charge in [-0.15, -0.1) is 0 Å². The van der Waals surface area contributed by atoms with Gasteiger partial charge >= 0.3 is 5.97 Å². The van der Waals surface area contributed by atoms with Crippen LogP contribution in [0.1, 0.15) is 17.2 Å². The molecule has 3 rings (SSSR count). The lowest BCUT2D eigenvalue weighted by molar-refractivity contribution is -0.133. The summed E-state index contributed by atoms with van der Waals surface area (Å²) >= 11 is 0. The number of nitrogens with zero attached hydrogens (tertiary/aromatic N) is 2. The van der Waals surface area contributed by atoms with Crippen molar-refractivity contribution >= 4 is 17.6 Å². The molecule has 0 saturated heterocycles. The average molecular weight is 397 g/mol. The number of anilines is 1. The van der Waals surface area contributed by atoms with Crippen LogP contribution in [0, 0.1) is 6.92 Å². The molecule has 1 amide bonds. The molecule has 2 aromatic carbocycles. The maximum atomic E-state index is 12.6. The van der Waals surface area contributed by atoms with E-state index in [0.29, 0.717) is 12.3 Å². The molecule has 1 unspecified atom stereocenters. The number of carbonyl (C=O) groups excluding carboxylic acids is 2. The van der Waals surface area contributed by atoms with E-state index in [1.54, 1.807) is 18.1 Å². The normalized spacial score (nSPS) is 14.2. The molecular weight excluding hydrogens is 370 g/mol. The lowest BCUT2D eigenvalue weighted by atomic mass is 10.1. The lowest BCUT2D eigenvalue weighted by Gasteiger charge is -2.30. The number of methoxy groups -OCH3 is 1. The Morgan fingerprint density at radius 2 is 1.97 bits per heavy atom. The quantitative estimate of drug-likeness (QED) is 0.570. The Labute approximate surface area is 171 Å². The summed E-state index contributed by atoms with van der Waals surface area (Å²) < 4.78 is 10.5. The number of carbonyl (C=O) groups is 2. The van der Waals surface area contributed by atoms with Gasteiger partial charge in [0.1, 0.15) is 12.3 Å². The van der Waals surface area contributed by atoms with E-state index in [4.69, 9.17) is 9.47 Å². The van der Waals surface area contributed by atoms with E-state index >= 15 is 0 Å². The Balaban J connectivity index is 1.65. The SMILES string of the molecule is COc1ccc(C(CNC(=O)CN2CC(=O)Oc3ccc(C)cc32)N(C)C)cc1. The molecule has 0 aromatic heterocycles. The average Bonchev–Trinajstić information content (AvgIpc) is 2.69. The molecule has 1 N–H and O–H groups in total. The Morgan fingerprint density at radius 1 is 1.24 bits per heavy atom. The minimum atomic E-state index is -0.362. The van der Waals surface area contributed by atoms with Crippen LogP contribution in [0.3, 0.4) is 0 Å². The van der Waals surface area contributed by atoms with Crippen molar-refractivity contribution in [2.24, 2.45) is 0 Å². The van der Waals surface area contributed by atoms with Gasteiger partial charge in [0, 0.05) is 6.54 Å². The standard InChI is InChI=1S/C22H27N3O4/c1-15-5-10-20-18(11-15)25(14-22(27)29-20)13-21(26)23-12-19(24(2)3)16-6-8-17(28-4)9-7-16/h5-11,19H,12-14H2,1-4H3,(H,23,26). The molecular formula is C22H27N3O4. The molecule has 29 heavy (non-hydrogen) atoms. The van der Waals surface area contributed by atoms with Gasteiger partial charge in [0.25, 0.3) is 0 Å². The van der Waals surface area contributed by atoms with Gasteiger partial charge < -0.3 is 24.6 Å². The number of ether oxygens (including phenoxy) is 2. The highest BCUT2D eigenvalue weighted by atomic mass is 16.5. The molecule has 0 fully saturated rings. The second kappa shape index (κ2) is 8.96. The zero-order chi connectivity index (χ0) is 21.0. The Hall–Kier alpha value is -3.06. The molecule has 0 spiro atoms. The maximum Gasteiger partial charge on any atom is 0.331 e. The van der Waals surface area contributed by atoms with Crippen LogP contribution in [0.5, 0.6) is 11.5 Å². The third kappa shape index (κ3) is 5.06. The number of likely N-dealkylation sites (N-methyl/N-ethyl adjacent to an activating group) is 1. The summed E-state index contributed by atoms with van der Waals surface area (Å²) in [5.41, 5.74) is 2.89. The summed E-state index contributed by atoms with van der Waals surface area (Å²) in [6.45, 7) is 2.57. The van der Waals surface area contributed by atoms with Crippen molar-refractivity contribution in [1.82, 2.24) is 10.2 Å². The third-order valence-electron chi connectivity index (χ3n) is 4.95. The van der Waals surface area contributed by atoms with Gasteiger partial charge in [-0.05, 0) is 56.4 Å². The molecule has 1 aliphatic rings. The number of amides is 1. The first-order valence-electron chi connectivity index (χ1n) is 9.50. The van der Waals surface area contributed by atoms with Gasteiger partial charge in [0.15, 0.2) is 5.75 Å². The zero-order valence-electron chi connectivity index (χ0n) is 17.3. The van der Waals surface area contributed by atoms with Crippen LogP contribution in [0.2, 0.25) is 0 Å². The fraction of sp³-hybridized carbons (Fsp3) is 0.364. The summed E-state index contributed by atoms with van der Waals surface area (Å²) in [7, 11) is 5.58. The van der Waals surface area contributed by atoms with E-state index in [2.05, 4.69) is 10.2 Å². The molecule has 0 aliphatic carbocycles. The van der Waals surface area contributed by atoms with Crippen LogP contribution in [-0.4, -0.2) is 57.6 Å². The van der Waals surface area contributed by atoms with Crippen molar-refractivity contribution < 1.29 is 19.1 Å². The van der Waals surface area contributed by atoms with Gasteiger partial charge in [-0.3, -0.25) is 4.79 Å². The molecule has 1 aliphatic heterocycles. The van der Waals surface area contributed by atoms with E-state index in [-0.39, 0.29) is 31.0 Å². The molecule has 0 radical (unpaired) electrons. The number of hydrogen-bond donors (Lipinski definition) is 1. The largest absolute Gasteiger partial charge is 0.497 e. The van der Waals surface area contributed by atoms with Gasteiger partial charge in [0.2, 0.25) is 5.91 Å². The third-order valence-corrected chi connectivity index (χ3v) is 4.95. The lowest BCUT2D eigenvalue weighted by Crippen LogP contribution is -2.45. The molecule has 1 heterocycles. The second-order valence-electron chi connectivity index (χ2n) is 7.36. The molecule has 2 aromatic rings. The van der Waals surface area contributed by atoms with Crippen LogP contribution in [0.4, 0.5) is 5.69 Å². The minimum absolute atomic E-state index is 0.0192. The molecule has 154 valence electrons. The smallest absolute Gasteiger partial charge is 0.331 e. The first kappa shape index (κ1) is 20.7. The van der Waals surface area contributed by atoms with E-state index in [1.807, 2.05) is 57.4 Å². The fourth-order valence-electron chi connectivity index (χ4n) is 3.36. The van der Waals surface area contributed by atoms with Crippen LogP contribution in [0.15, 0.2) is 42.5 Å². The van der Waals surface area contributed by atoms with Gasteiger partial charge in [0.05, 0.1) is 25.4 Å². The van der Waals surface area contributed by atoms with Crippen LogP contribution in [-0.2, 0) is 9.59 Å². The monoisotopic (exact) mass is 397 g/mol. The summed E-state index contributed by atoms with van der Waals surface area (Å²) in [6, 6.07) is 13.4. The Morgan fingerprint density at radius 3 is 2.62 bits per heavy atom. The van der Waals surface area contributed by atoms with Crippen molar-refractivity contribution in [3.05, 3.63) is 53.6 Å². The predicted molar refractivity (Wildman–Crippen MR) is 111 cm³/mol. The number of aryl methyl sites for hydroxylation is 1. The maximum absolute atomic E-state index is 12.6. The number of hydrogen-bond acceptors (Lipinski definition) is 6. The first-order chi connectivity index (χ1) is 13.9. The van der Waals surface area contributed by atoms with Crippen molar-refractivity contribution in [2.45, 2.75) is 13.0 Å². The van der Waals surface area contributed by atoms with Crippen molar-refractivity contribution in [2.75, 3.05) is 45.7 Å². The molecule has 7 heteroatoms. The number of benzene rings is 2. The minimum Gasteiger partial charge on any atom is -0.497 e. The van der Waals surface area contributed by atoms with Crippen LogP contribution >= 0.6 is 0 Å². The summed E-state index contributed by atoms with van der Waals surface area (Å²) in [5, 5.41) is 2.99. The number of nitrogens with one attached hydrogen (secondary N) is 1.